The first kappa shape index (κ1) is 13.6. The van der Waals surface area contributed by atoms with Gasteiger partial charge in [-0.05, 0) is 25.7 Å². The average molecular weight is 276 g/mol. The topological polar surface area (TPSA) is 50.3 Å². The lowest BCUT2D eigenvalue weighted by Crippen LogP contribution is -2.24. The molecule has 110 valence electrons. The van der Waals surface area contributed by atoms with Crippen LogP contribution in [0.1, 0.15) is 44.3 Å². The molecule has 1 atom stereocenters. The third-order valence-corrected chi connectivity index (χ3v) is 4.03. The van der Waals surface area contributed by atoms with Gasteiger partial charge in [0.05, 0.1) is 6.10 Å². The Morgan fingerprint density at radius 1 is 1.35 bits per heavy atom. The van der Waals surface area contributed by atoms with Crippen LogP contribution in [0.4, 0.5) is 11.6 Å². The zero-order chi connectivity index (χ0) is 13.9. The molecule has 1 aliphatic heterocycles. The Bertz CT molecular complexity index is 461. The highest BCUT2D eigenvalue weighted by atomic mass is 16.5. The number of aromatic nitrogens is 2. The molecule has 0 spiro atoms. The zero-order valence-electron chi connectivity index (χ0n) is 12.4. The summed E-state index contributed by atoms with van der Waals surface area (Å²) in [4.78, 5) is 11.8. The van der Waals surface area contributed by atoms with Crippen LogP contribution in [0, 0.1) is 0 Å². The quantitative estimate of drug-likeness (QED) is 0.864. The Morgan fingerprint density at radius 3 is 2.85 bits per heavy atom. The third-order valence-electron chi connectivity index (χ3n) is 4.03. The van der Waals surface area contributed by atoms with E-state index in [-0.39, 0.29) is 0 Å². The molecular formula is C15H24N4O. The number of ether oxygens (including phenoxy) is 1. The second-order valence-electron chi connectivity index (χ2n) is 5.76. The first-order valence-electron chi connectivity index (χ1n) is 7.70. The van der Waals surface area contributed by atoms with Gasteiger partial charge in [-0.15, -0.1) is 0 Å². The van der Waals surface area contributed by atoms with Crippen LogP contribution in [-0.2, 0) is 4.74 Å². The summed E-state index contributed by atoms with van der Waals surface area (Å²) >= 11 is 0. The highest BCUT2D eigenvalue weighted by Crippen LogP contribution is 2.39. The predicted molar refractivity (Wildman–Crippen MR) is 80.4 cm³/mol. The van der Waals surface area contributed by atoms with E-state index in [1.807, 2.05) is 0 Å². The fraction of sp³-hybridized carbons (Fsp3) is 0.733. The maximum Gasteiger partial charge on any atom is 0.136 e. The number of hydrogen-bond donors (Lipinski definition) is 1. The maximum atomic E-state index is 5.45. The van der Waals surface area contributed by atoms with E-state index in [2.05, 4.69) is 28.2 Å². The Hall–Kier alpha value is -1.36. The van der Waals surface area contributed by atoms with Gasteiger partial charge in [0.15, 0.2) is 0 Å². The first-order valence-corrected chi connectivity index (χ1v) is 7.70. The second kappa shape index (κ2) is 5.95. The molecule has 1 aromatic rings. The first-order chi connectivity index (χ1) is 9.80. The lowest BCUT2D eigenvalue weighted by Gasteiger charge is -2.19. The summed E-state index contributed by atoms with van der Waals surface area (Å²) in [6, 6.07) is 2.08. The molecule has 1 aromatic heterocycles. The van der Waals surface area contributed by atoms with Gasteiger partial charge in [-0.2, -0.15) is 0 Å². The normalized spacial score (nSPS) is 22.3. The van der Waals surface area contributed by atoms with Crippen LogP contribution in [-0.4, -0.2) is 42.8 Å². The smallest absolute Gasteiger partial charge is 0.136 e. The lowest BCUT2D eigenvalue weighted by atomic mass is 10.3. The van der Waals surface area contributed by atoms with Crippen molar-refractivity contribution in [1.82, 2.24) is 9.97 Å². The van der Waals surface area contributed by atoms with Crippen molar-refractivity contribution >= 4 is 11.6 Å². The molecule has 5 nitrogen and oxygen atoms in total. The molecule has 2 aliphatic rings. The van der Waals surface area contributed by atoms with E-state index in [4.69, 9.17) is 9.72 Å². The highest BCUT2D eigenvalue weighted by Gasteiger charge is 2.29. The van der Waals surface area contributed by atoms with Gasteiger partial charge in [-0.1, -0.05) is 6.92 Å². The number of methoxy groups -OCH3 is 1. The van der Waals surface area contributed by atoms with Crippen LogP contribution in [0.25, 0.3) is 0 Å². The third kappa shape index (κ3) is 3.03. The number of anilines is 2. The molecule has 1 unspecified atom stereocenters. The molecule has 3 rings (SSSR count). The molecule has 2 fully saturated rings. The van der Waals surface area contributed by atoms with Gasteiger partial charge >= 0.3 is 0 Å². The van der Waals surface area contributed by atoms with E-state index in [1.54, 1.807) is 7.11 Å². The van der Waals surface area contributed by atoms with Crippen LogP contribution in [0.3, 0.4) is 0 Å². The Balaban J connectivity index is 1.79. The standard InChI is InChI=1S/C15H24N4O/c1-3-7-16-13-9-14(18-15(17-13)11-4-5-11)19-8-6-12(10-19)20-2/h9,11-12H,3-8,10H2,1-2H3,(H,16,17,18). The van der Waals surface area contributed by atoms with Crippen molar-refractivity contribution in [3.05, 3.63) is 11.9 Å². The van der Waals surface area contributed by atoms with Gasteiger partial charge in [-0.25, -0.2) is 9.97 Å². The molecule has 0 aromatic carbocycles. The number of rotatable bonds is 6. The van der Waals surface area contributed by atoms with Crippen molar-refractivity contribution in [2.24, 2.45) is 0 Å². The Labute approximate surface area is 120 Å². The Morgan fingerprint density at radius 2 is 2.20 bits per heavy atom. The van der Waals surface area contributed by atoms with Crippen LogP contribution in [0.2, 0.25) is 0 Å². The van der Waals surface area contributed by atoms with E-state index in [1.165, 1.54) is 12.8 Å². The molecule has 5 heteroatoms. The summed E-state index contributed by atoms with van der Waals surface area (Å²) < 4.78 is 5.45. The minimum atomic E-state index is 0.335. The van der Waals surface area contributed by atoms with Crippen molar-refractivity contribution in [3.63, 3.8) is 0 Å². The number of nitrogens with zero attached hydrogens (tertiary/aromatic N) is 3. The van der Waals surface area contributed by atoms with E-state index in [9.17, 15) is 0 Å². The van der Waals surface area contributed by atoms with Gasteiger partial charge < -0.3 is 15.0 Å². The Kier molecular flexibility index (Phi) is 4.05. The van der Waals surface area contributed by atoms with Crippen LogP contribution >= 0.6 is 0 Å². The minimum Gasteiger partial charge on any atom is -0.380 e. The van der Waals surface area contributed by atoms with Crippen molar-refractivity contribution in [3.8, 4) is 0 Å². The lowest BCUT2D eigenvalue weighted by molar-refractivity contribution is 0.121. The van der Waals surface area contributed by atoms with Crippen molar-refractivity contribution in [1.29, 1.82) is 0 Å². The fourth-order valence-electron chi connectivity index (χ4n) is 2.61. The largest absolute Gasteiger partial charge is 0.380 e. The fourth-order valence-corrected chi connectivity index (χ4v) is 2.61. The van der Waals surface area contributed by atoms with E-state index < -0.39 is 0 Å². The molecule has 2 heterocycles. The second-order valence-corrected chi connectivity index (χ2v) is 5.76. The van der Waals surface area contributed by atoms with Gasteiger partial charge in [0.25, 0.3) is 0 Å². The zero-order valence-corrected chi connectivity index (χ0v) is 12.4. The molecule has 1 saturated carbocycles. The van der Waals surface area contributed by atoms with E-state index in [0.29, 0.717) is 12.0 Å². The van der Waals surface area contributed by atoms with Crippen molar-refractivity contribution in [2.75, 3.05) is 37.0 Å². The van der Waals surface area contributed by atoms with Crippen LogP contribution < -0.4 is 10.2 Å². The summed E-state index contributed by atoms with van der Waals surface area (Å²) in [6.45, 7) is 5.08. The van der Waals surface area contributed by atoms with Gasteiger partial charge in [0.2, 0.25) is 0 Å². The summed E-state index contributed by atoms with van der Waals surface area (Å²) in [6.07, 6.45) is 4.99. The average Bonchev–Trinajstić information content (AvgIpc) is 3.22. The summed E-state index contributed by atoms with van der Waals surface area (Å²) in [5.74, 6) is 3.62. The predicted octanol–water partition coefficient (Wildman–Crippen LogP) is 2.40. The van der Waals surface area contributed by atoms with Crippen molar-refractivity contribution < 1.29 is 4.74 Å². The summed E-state index contributed by atoms with van der Waals surface area (Å²) in [7, 11) is 1.79. The highest BCUT2D eigenvalue weighted by molar-refractivity contribution is 5.50. The molecule has 1 saturated heterocycles. The molecule has 0 bridgehead atoms. The molecule has 0 amide bonds. The monoisotopic (exact) mass is 276 g/mol. The van der Waals surface area contributed by atoms with Gasteiger partial charge in [0.1, 0.15) is 17.5 Å². The van der Waals surface area contributed by atoms with Crippen LogP contribution in [0.5, 0.6) is 0 Å². The molecular weight excluding hydrogens is 252 g/mol. The maximum absolute atomic E-state index is 5.45. The SMILES string of the molecule is CCCNc1cc(N2CCC(OC)C2)nc(C2CC2)n1. The van der Waals surface area contributed by atoms with E-state index >= 15 is 0 Å². The minimum absolute atomic E-state index is 0.335. The number of nitrogens with one attached hydrogen (secondary N) is 1. The molecule has 0 radical (unpaired) electrons. The molecule has 1 aliphatic carbocycles. The van der Waals surface area contributed by atoms with Crippen molar-refractivity contribution in [2.45, 2.75) is 44.6 Å². The summed E-state index contributed by atoms with van der Waals surface area (Å²) in [5.41, 5.74) is 0. The van der Waals surface area contributed by atoms with Gasteiger partial charge in [0, 0.05) is 38.7 Å². The van der Waals surface area contributed by atoms with E-state index in [0.717, 1.165) is 49.9 Å². The number of hydrogen-bond acceptors (Lipinski definition) is 5. The van der Waals surface area contributed by atoms with Gasteiger partial charge in [-0.3, -0.25) is 0 Å². The summed E-state index contributed by atoms with van der Waals surface area (Å²) in [5, 5.41) is 3.40. The molecule has 20 heavy (non-hydrogen) atoms. The van der Waals surface area contributed by atoms with Crippen LogP contribution in [0.15, 0.2) is 6.07 Å². The molecule has 1 N–H and O–H groups in total.